The number of alkyl halides is 1. The van der Waals surface area contributed by atoms with Gasteiger partial charge in [0, 0.05) is 12.6 Å². The minimum absolute atomic E-state index is 0.0891. The lowest BCUT2D eigenvalue weighted by molar-refractivity contribution is 0.314. The largest absolute Gasteiger partial charge is 0.308 e. The van der Waals surface area contributed by atoms with Crippen LogP contribution in [0.2, 0.25) is 0 Å². The Morgan fingerprint density at radius 1 is 1.36 bits per heavy atom. The first-order chi connectivity index (χ1) is 6.28. The van der Waals surface area contributed by atoms with Gasteiger partial charge in [0.25, 0.3) is 0 Å². The van der Waals surface area contributed by atoms with Crippen molar-refractivity contribution in [3.8, 4) is 0 Å². The van der Waals surface area contributed by atoms with Crippen LogP contribution in [0, 0.1) is 5.92 Å². The SMILES string of the molecule is CC(C)C(CN(C)C)NS(=O)(=O)CCl. The summed E-state index contributed by atoms with van der Waals surface area (Å²) < 4.78 is 25.0. The van der Waals surface area contributed by atoms with E-state index >= 15 is 0 Å². The van der Waals surface area contributed by atoms with Crippen LogP contribution >= 0.6 is 11.6 Å². The van der Waals surface area contributed by atoms with Gasteiger partial charge in [-0.05, 0) is 20.0 Å². The third-order valence-electron chi connectivity index (χ3n) is 1.84. The fraction of sp³-hybridized carbons (Fsp3) is 1.00. The molecule has 0 aliphatic carbocycles. The molecule has 0 heterocycles. The predicted molar refractivity (Wildman–Crippen MR) is 60.0 cm³/mol. The highest BCUT2D eigenvalue weighted by Crippen LogP contribution is 2.05. The van der Waals surface area contributed by atoms with Crippen LogP contribution in [0.4, 0.5) is 0 Å². The molecule has 0 aromatic carbocycles. The molecule has 0 aromatic rings. The molecule has 0 amide bonds. The molecular weight excluding hydrogens is 224 g/mol. The van der Waals surface area contributed by atoms with E-state index in [1.165, 1.54) is 0 Å². The molecule has 0 saturated carbocycles. The average molecular weight is 243 g/mol. The highest BCUT2D eigenvalue weighted by Gasteiger charge is 2.20. The highest BCUT2D eigenvalue weighted by atomic mass is 35.5. The first-order valence-electron chi connectivity index (χ1n) is 4.49. The zero-order valence-electron chi connectivity index (χ0n) is 9.12. The topological polar surface area (TPSA) is 49.4 Å². The van der Waals surface area contributed by atoms with Gasteiger partial charge in [-0.3, -0.25) is 0 Å². The Hall–Kier alpha value is 0.160. The summed E-state index contributed by atoms with van der Waals surface area (Å²) in [5.74, 6) is 0.246. The number of sulfonamides is 1. The Labute approximate surface area is 91.7 Å². The minimum Gasteiger partial charge on any atom is -0.308 e. The Morgan fingerprint density at radius 3 is 2.14 bits per heavy atom. The van der Waals surface area contributed by atoms with Gasteiger partial charge < -0.3 is 4.90 Å². The van der Waals surface area contributed by atoms with Crippen LogP contribution in [0.5, 0.6) is 0 Å². The zero-order chi connectivity index (χ0) is 11.4. The summed E-state index contributed by atoms with van der Waals surface area (Å²) in [6.07, 6.45) is 0. The van der Waals surface area contributed by atoms with Crippen molar-refractivity contribution in [1.82, 2.24) is 9.62 Å². The fourth-order valence-electron chi connectivity index (χ4n) is 1.04. The van der Waals surface area contributed by atoms with Gasteiger partial charge >= 0.3 is 0 Å². The van der Waals surface area contributed by atoms with Gasteiger partial charge in [-0.1, -0.05) is 13.8 Å². The van der Waals surface area contributed by atoms with E-state index in [2.05, 4.69) is 4.72 Å². The molecule has 1 unspecified atom stereocenters. The lowest BCUT2D eigenvalue weighted by Crippen LogP contribution is -2.45. The molecule has 0 fully saturated rings. The summed E-state index contributed by atoms with van der Waals surface area (Å²) in [4.78, 5) is 1.95. The fourth-order valence-corrected chi connectivity index (χ4v) is 2.10. The highest BCUT2D eigenvalue weighted by molar-refractivity contribution is 7.90. The van der Waals surface area contributed by atoms with Gasteiger partial charge in [0.15, 0.2) is 0 Å². The molecule has 0 rings (SSSR count). The Balaban J connectivity index is 4.38. The standard InChI is InChI=1S/C8H19ClN2O2S/c1-7(2)8(5-11(3)4)10-14(12,13)6-9/h7-8,10H,5-6H2,1-4H3. The molecule has 0 radical (unpaired) electrons. The van der Waals surface area contributed by atoms with Crippen molar-refractivity contribution in [2.75, 3.05) is 25.9 Å². The second-order valence-corrected chi connectivity index (χ2v) is 6.29. The molecule has 1 atom stereocenters. The number of hydrogen-bond acceptors (Lipinski definition) is 3. The van der Waals surface area contributed by atoms with Gasteiger partial charge in [-0.2, -0.15) is 0 Å². The van der Waals surface area contributed by atoms with Gasteiger partial charge in [-0.15, -0.1) is 11.6 Å². The molecule has 0 aromatic heterocycles. The van der Waals surface area contributed by atoms with Crippen molar-refractivity contribution in [3.05, 3.63) is 0 Å². The van der Waals surface area contributed by atoms with Gasteiger partial charge in [0.2, 0.25) is 10.0 Å². The third-order valence-corrected chi connectivity index (χ3v) is 3.65. The lowest BCUT2D eigenvalue weighted by atomic mass is 10.1. The Morgan fingerprint density at radius 2 is 1.86 bits per heavy atom. The quantitative estimate of drug-likeness (QED) is 0.698. The smallest absolute Gasteiger partial charge is 0.225 e. The van der Waals surface area contributed by atoms with E-state index in [0.29, 0.717) is 6.54 Å². The van der Waals surface area contributed by atoms with Crippen molar-refractivity contribution in [3.63, 3.8) is 0 Å². The Bertz CT molecular complexity index is 252. The monoisotopic (exact) mass is 242 g/mol. The lowest BCUT2D eigenvalue weighted by Gasteiger charge is -2.24. The molecule has 0 saturated heterocycles. The average Bonchev–Trinajstić information content (AvgIpc) is 2.02. The normalized spacial score (nSPS) is 15.1. The molecule has 14 heavy (non-hydrogen) atoms. The van der Waals surface area contributed by atoms with Gasteiger partial charge in [-0.25, -0.2) is 13.1 Å². The second kappa shape index (κ2) is 5.90. The van der Waals surface area contributed by atoms with Crippen molar-refractivity contribution in [2.45, 2.75) is 19.9 Å². The summed E-state index contributed by atoms with van der Waals surface area (Å²) in [7, 11) is 0.494. The molecule has 86 valence electrons. The molecule has 1 N–H and O–H groups in total. The molecule has 0 bridgehead atoms. The van der Waals surface area contributed by atoms with Gasteiger partial charge in [0.05, 0.1) is 0 Å². The molecule has 4 nitrogen and oxygen atoms in total. The van der Waals surface area contributed by atoms with E-state index in [-0.39, 0.29) is 17.2 Å². The summed E-state index contributed by atoms with van der Waals surface area (Å²) in [6, 6.07) is -0.0891. The first-order valence-corrected chi connectivity index (χ1v) is 6.68. The summed E-state index contributed by atoms with van der Waals surface area (Å²) in [5.41, 5.74) is 0. The third kappa shape index (κ3) is 5.80. The molecular formula is C8H19ClN2O2S. The maximum atomic E-state index is 11.2. The van der Waals surface area contributed by atoms with E-state index in [9.17, 15) is 8.42 Å². The molecule has 6 heteroatoms. The Kier molecular flexibility index (Phi) is 5.97. The maximum absolute atomic E-state index is 11.2. The van der Waals surface area contributed by atoms with E-state index < -0.39 is 10.0 Å². The van der Waals surface area contributed by atoms with Crippen LogP contribution < -0.4 is 4.72 Å². The van der Waals surface area contributed by atoms with Crippen LogP contribution in [-0.2, 0) is 10.0 Å². The van der Waals surface area contributed by atoms with E-state index in [1.54, 1.807) is 0 Å². The van der Waals surface area contributed by atoms with Crippen molar-refractivity contribution >= 4 is 21.6 Å². The number of likely N-dealkylation sites (N-methyl/N-ethyl adjacent to an activating group) is 1. The van der Waals surface area contributed by atoms with Crippen molar-refractivity contribution in [2.24, 2.45) is 5.92 Å². The summed E-state index contributed by atoms with van der Waals surface area (Å²) >= 11 is 5.31. The molecule has 0 aliphatic heterocycles. The van der Waals surface area contributed by atoms with Crippen LogP contribution in [0.15, 0.2) is 0 Å². The van der Waals surface area contributed by atoms with E-state index in [0.717, 1.165) is 0 Å². The van der Waals surface area contributed by atoms with Crippen LogP contribution in [-0.4, -0.2) is 45.2 Å². The van der Waals surface area contributed by atoms with Crippen LogP contribution in [0.1, 0.15) is 13.8 Å². The summed E-state index contributed by atoms with van der Waals surface area (Å²) in [5, 5.41) is -0.385. The predicted octanol–water partition coefficient (Wildman–Crippen LogP) is 0.688. The number of nitrogens with zero attached hydrogens (tertiary/aromatic N) is 1. The van der Waals surface area contributed by atoms with Gasteiger partial charge in [0.1, 0.15) is 5.21 Å². The molecule has 0 aliphatic rings. The molecule has 0 spiro atoms. The number of hydrogen-bond donors (Lipinski definition) is 1. The van der Waals surface area contributed by atoms with Crippen molar-refractivity contribution in [1.29, 1.82) is 0 Å². The maximum Gasteiger partial charge on any atom is 0.225 e. The van der Waals surface area contributed by atoms with Crippen molar-refractivity contribution < 1.29 is 8.42 Å². The van der Waals surface area contributed by atoms with Crippen LogP contribution in [0.25, 0.3) is 0 Å². The number of nitrogens with one attached hydrogen (secondary N) is 1. The van der Waals surface area contributed by atoms with E-state index in [4.69, 9.17) is 11.6 Å². The second-order valence-electron chi connectivity index (χ2n) is 3.95. The number of rotatable bonds is 6. The van der Waals surface area contributed by atoms with Crippen LogP contribution in [0.3, 0.4) is 0 Å². The van der Waals surface area contributed by atoms with E-state index in [1.807, 2.05) is 32.8 Å². The summed E-state index contributed by atoms with van der Waals surface area (Å²) in [6.45, 7) is 4.63. The number of halogens is 1. The zero-order valence-corrected chi connectivity index (χ0v) is 10.7. The first kappa shape index (κ1) is 14.2. The minimum atomic E-state index is -3.32.